The number of pyridine rings is 2. The molecule has 0 atom stereocenters. The fourth-order valence-corrected chi connectivity index (χ4v) is 2.50. The summed E-state index contributed by atoms with van der Waals surface area (Å²) < 4.78 is 2.55. The number of thiophene rings is 1. The number of hydrogen-bond acceptors (Lipinski definition) is 3. The number of fused-ring (bicyclic) bond motifs is 3. The van der Waals surface area contributed by atoms with E-state index in [1.165, 1.54) is 20.2 Å². The molecule has 13 heavy (non-hydrogen) atoms. The van der Waals surface area contributed by atoms with Crippen LogP contribution in [-0.2, 0) is 0 Å². The van der Waals surface area contributed by atoms with Crippen LogP contribution in [0.3, 0.4) is 0 Å². The van der Waals surface area contributed by atoms with Crippen molar-refractivity contribution in [3.8, 4) is 0 Å². The van der Waals surface area contributed by atoms with E-state index in [0.29, 0.717) is 0 Å². The Bertz CT molecular complexity index is 521. The Morgan fingerprint density at radius 3 is 1.92 bits per heavy atom. The van der Waals surface area contributed by atoms with Gasteiger partial charge in [-0.15, -0.1) is 11.3 Å². The fraction of sp³-hybridized carbons (Fsp3) is 0. The van der Waals surface area contributed by atoms with Gasteiger partial charge < -0.3 is 0 Å². The third kappa shape index (κ3) is 0.939. The van der Waals surface area contributed by atoms with Gasteiger partial charge in [-0.3, -0.25) is 9.97 Å². The highest BCUT2D eigenvalue weighted by atomic mass is 32.1. The third-order valence-corrected chi connectivity index (χ3v) is 3.22. The summed E-state index contributed by atoms with van der Waals surface area (Å²) in [7, 11) is 0. The van der Waals surface area contributed by atoms with Crippen LogP contribution >= 0.6 is 11.3 Å². The molecule has 0 unspecified atom stereocenters. The van der Waals surface area contributed by atoms with Crippen molar-refractivity contribution >= 4 is 31.5 Å². The molecular weight excluding hydrogens is 180 g/mol. The van der Waals surface area contributed by atoms with Crippen molar-refractivity contribution in [2.45, 2.75) is 0 Å². The lowest BCUT2D eigenvalue weighted by molar-refractivity contribution is 1.36. The number of hydrogen-bond donors (Lipinski definition) is 0. The molecule has 62 valence electrons. The van der Waals surface area contributed by atoms with Crippen molar-refractivity contribution in [1.82, 2.24) is 9.97 Å². The minimum absolute atomic E-state index is 1.20. The van der Waals surface area contributed by atoms with E-state index in [4.69, 9.17) is 0 Å². The fourth-order valence-electron chi connectivity index (χ4n) is 1.46. The first-order chi connectivity index (χ1) is 6.45. The van der Waals surface area contributed by atoms with Gasteiger partial charge in [0.2, 0.25) is 0 Å². The second kappa shape index (κ2) is 2.50. The predicted molar refractivity (Wildman–Crippen MR) is 54.9 cm³/mol. The smallest absolute Gasteiger partial charge is 0.0386 e. The molecule has 3 heteroatoms. The first-order valence-electron chi connectivity index (χ1n) is 4.01. The van der Waals surface area contributed by atoms with Crippen LogP contribution in [0.5, 0.6) is 0 Å². The zero-order valence-electron chi connectivity index (χ0n) is 6.77. The molecule has 0 aromatic carbocycles. The summed E-state index contributed by atoms with van der Waals surface area (Å²) in [5, 5.41) is 2.41. The molecule has 0 spiro atoms. The van der Waals surface area contributed by atoms with Crippen LogP contribution in [0, 0.1) is 0 Å². The lowest BCUT2D eigenvalue weighted by atomic mass is 10.2. The average Bonchev–Trinajstić information content (AvgIpc) is 2.56. The minimum Gasteiger partial charge on any atom is -0.264 e. The Morgan fingerprint density at radius 2 is 1.38 bits per heavy atom. The van der Waals surface area contributed by atoms with Gasteiger partial charge in [0.1, 0.15) is 0 Å². The van der Waals surface area contributed by atoms with Crippen LogP contribution in [0.2, 0.25) is 0 Å². The van der Waals surface area contributed by atoms with Crippen molar-refractivity contribution in [2.75, 3.05) is 0 Å². The molecule has 0 fully saturated rings. The molecular formula is C10H6N2S. The molecule has 0 aliphatic carbocycles. The van der Waals surface area contributed by atoms with E-state index in [2.05, 4.69) is 9.97 Å². The van der Waals surface area contributed by atoms with Gasteiger partial charge in [-0.1, -0.05) is 0 Å². The maximum Gasteiger partial charge on any atom is 0.0386 e. The lowest BCUT2D eigenvalue weighted by Crippen LogP contribution is -1.70. The van der Waals surface area contributed by atoms with Gasteiger partial charge in [-0.25, -0.2) is 0 Å². The molecule has 0 aliphatic heterocycles. The second-order valence-corrected chi connectivity index (χ2v) is 3.93. The SMILES string of the molecule is c1cc2sc3ccncc3c2cn1. The Morgan fingerprint density at radius 1 is 0.846 bits per heavy atom. The molecule has 0 aliphatic rings. The van der Waals surface area contributed by atoms with Crippen molar-refractivity contribution in [2.24, 2.45) is 0 Å². The maximum absolute atomic E-state index is 4.11. The third-order valence-electron chi connectivity index (χ3n) is 2.07. The molecule has 2 nitrogen and oxygen atoms in total. The summed E-state index contributed by atoms with van der Waals surface area (Å²) in [6, 6.07) is 4.08. The minimum atomic E-state index is 1.20. The summed E-state index contributed by atoms with van der Waals surface area (Å²) in [6.45, 7) is 0. The topological polar surface area (TPSA) is 25.8 Å². The largest absolute Gasteiger partial charge is 0.264 e. The van der Waals surface area contributed by atoms with Crippen molar-refractivity contribution in [1.29, 1.82) is 0 Å². The maximum atomic E-state index is 4.11. The van der Waals surface area contributed by atoms with Gasteiger partial charge in [0.05, 0.1) is 0 Å². The highest BCUT2D eigenvalue weighted by molar-refractivity contribution is 7.25. The highest BCUT2D eigenvalue weighted by Crippen LogP contribution is 2.31. The Kier molecular flexibility index (Phi) is 1.34. The van der Waals surface area contributed by atoms with Crippen molar-refractivity contribution in [3.05, 3.63) is 36.9 Å². The van der Waals surface area contributed by atoms with E-state index in [-0.39, 0.29) is 0 Å². The van der Waals surface area contributed by atoms with E-state index in [1.807, 2.05) is 36.9 Å². The van der Waals surface area contributed by atoms with Crippen LogP contribution in [0.25, 0.3) is 20.2 Å². The Labute approximate surface area is 78.9 Å². The summed E-state index contributed by atoms with van der Waals surface area (Å²) in [4.78, 5) is 8.23. The summed E-state index contributed by atoms with van der Waals surface area (Å²) in [6.07, 6.45) is 7.45. The first-order valence-corrected chi connectivity index (χ1v) is 4.83. The van der Waals surface area contributed by atoms with Gasteiger partial charge in [-0.2, -0.15) is 0 Å². The van der Waals surface area contributed by atoms with Crippen LogP contribution in [-0.4, -0.2) is 9.97 Å². The second-order valence-electron chi connectivity index (χ2n) is 2.85. The molecule has 3 rings (SSSR count). The monoisotopic (exact) mass is 186 g/mol. The van der Waals surface area contributed by atoms with Crippen LogP contribution in [0.4, 0.5) is 0 Å². The van der Waals surface area contributed by atoms with Crippen LogP contribution < -0.4 is 0 Å². The quantitative estimate of drug-likeness (QED) is 0.539. The first kappa shape index (κ1) is 6.97. The molecule has 0 saturated carbocycles. The van der Waals surface area contributed by atoms with Gasteiger partial charge in [0.15, 0.2) is 0 Å². The van der Waals surface area contributed by atoms with Crippen molar-refractivity contribution < 1.29 is 0 Å². The summed E-state index contributed by atoms with van der Waals surface area (Å²) in [5.41, 5.74) is 0. The zero-order chi connectivity index (χ0) is 8.67. The molecule has 3 aromatic heterocycles. The Balaban J connectivity index is 2.64. The molecule has 0 radical (unpaired) electrons. The lowest BCUT2D eigenvalue weighted by Gasteiger charge is -1.87. The van der Waals surface area contributed by atoms with Gasteiger partial charge >= 0.3 is 0 Å². The highest BCUT2D eigenvalue weighted by Gasteiger charge is 2.02. The molecule has 3 heterocycles. The van der Waals surface area contributed by atoms with E-state index in [1.54, 1.807) is 11.3 Å². The normalized spacial score (nSPS) is 11.1. The standard InChI is InChI=1S/C10H6N2S/c1-3-11-5-7-8-6-12-4-2-10(8)13-9(1)7/h1-6H. The van der Waals surface area contributed by atoms with E-state index >= 15 is 0 Å². The van der Waals surface area contributed by atoms with E-state index in [0.717, 1.165) is 0 Å². The summed E-state index contributed by atoms with van der Waals surface area (Å²) in [5.74, 6) is 0. The number of rotatable bonds is 0. The van der Waals surface area contributed by atoms with Crippen LogP contribution in [0.1, 0.15) is 0 Å². The molecule has 0 saturated heterocycles. The number of nitrogens with zero attached hydrogens (tertiary/aromatic N) is 2. The van der Waals surface area contributed by atoms with E-state index in [9.17, 15) is 0 Å². The zero-order valence-corrected chi connectivity index (χ0v) is 7.58. The van der Waals surface area contributed by atoms with Gasteiger partial charge in [0, 0.05) is 45.0 Å². The average molecular weight is 186 g/mol. The summed E-state index contributed by atoms with van der Waals surface area (Å²) >= 11 is 1.78. The van der Waals surface area contributed by atoms with Crippen molar-refractivity contribution in [3.63, 3.8) is 0 Å². The number of aromatic nitrogens is 2. The van der Waals surface area contributed by atoms with Gasteiger partial charge in [0.25, 0.3) is 0 Å². The van der Waals surface area contributed by atoms with Crippen LogP contribution in [0.15, 0.2) is 36.9 Å². The molecule has 0 amide bonds. The van der Waals surface area contributed by atoms with E-state index < -0.39 is 0 Å². The Hall–Kier alpha value is -1.48. The molecule has 0 bridgehead atoms. The molecule has 0 N–H and O–H groups in total. The predicted octanol–water partition coefficient (Wildman–Crippen LogP) is 2.84. The van der Waals surface area contributed by atoms with Gasteiger partial charge in [-0.05, 0) is 12.1 Å². The molecule has 3 aromatic rings.